The second-order valence-electron chi connectivity index (χ2n) is 5.71. The number of H-pyrrole nitrogens is 1. The van der Waals surface area contributed by atoms with Crippen molar-refractivity contribution in [2.24, 2.45) is 0 Å². The molecule has 0 aliphatic heterocycles. The van der Waals surface area contributed by atoms with Gasteiger partial charge in [-0.05, 0) is 32.0 Å². The van der Waals surface area contributed by atoms with Gasteiger partial charge in [-0.15, -0.1) is 5.10 Å². The summed E-state index contributed by atoms with van der Waals surface area (Å²) in [4.78, 5) is 16.7. The second kappa shape index (κ2) is 7.88. The number of aromatic amines is 1. The van der Waals surface area contributed by atoms with Crippen molar-refractivity contribution in [3.8, 4) is 11.4 Å². The average molecular weight is 391 g/mol. The number of aryl methyl sites for hydroxylation is 1. The molecular weight excluding hydrogens is 375 g/mol. The first kappa shape index (κ1) is 18.4. The van der Waals surface area contributed by atoms with Gasteiger partial charge in [-0.25, -0.2) is 9.37 Å². The van der Waals surface area contributed by atoms with Gasteiger partial charge in [0.2, 0.25) is 11.1 Å². The van der Waals surface area contributed by atoms with E-state index in [1.165, 1.54) is 30.0 Å². The number of hydrogen-bond acceptors (Lipinski definition) is 4. The molecule has 2 aromatic carbocycles. The summed E-state index contributed by atoms with van der Waals surface area (Å²) >= 11 is 6.95. The summed E-state index contributed by atoms with van der Waals surface area (Å²) in [6, 6.07) is 11.9. The van der Waals surface area contributed by atoms with Gasteiger partial charge >= 0.3 is 0 Å². The number of halogens is 2. The molecule has 1 unspecified atom stereocenters. The zero-order valence-corrected chi connectivity index (χ0v) is 15.7. The minimum Gasteiger partial charge on any atom is -0.325 e. The Morgan fingerprint density at radius 3 is 2.69 bits per heavy atom. The maximum atomic E-state index is 13.2. The van der Waals surface area contributed by atoms with Crippen LogP contribution in [0.2, 0.25) is 5.02 Å². The quantitative estimate of drug-likeness (QED) is 0.620. The van der Waals surface area contributed by atoms with E-state index < -0.39 is 11.1 Å². The van der Waals surface area contributed by atoms with Crippen molar-refractivity contribution >= 4 is 35.0 Å². The number of thioether (sulfide) groups is 1. The van der Waals surface area contributed by atoms with Crippen LogP contribution in [0.25, 0.3) is 11.4 Å². The van der Waals surface area contributed by atoms with Gasteiger partial charge in [0, 0.05) is 11.3 Å². The number of hydrogen-bond donors (Lipinski definition) is 2. The molecule has 8 heteroatoms. The molecular formula is C18H16ClFN4OS. The lowest BCUT2D eigenvalue weighted by atomic mass is 10.1. The fourth-order valence-corrected chi connectivity index (χ4v) is 3.07. The zero-order chi connectivity index (χ0) is 18.7. The lowest BCUT2D eigenvalue weighted by molar-refractivity contribution is -0.115. The minimum absolute atomic E-state index is 0.0418. The van der Waals surface area contributed by atoms with Gasteiger partial charge in [-0.1, -0.05) is 53.2 Å². The Balaban J connectivity index is 1.64. The minimum atomic E-state index is -0.531. The van der Waals surface area contributed by atoms with E-state index in [9.17, 15) is 9.18 Å². The summed E-state index contributed by atoms with van der Waals surface area (Å²) in [5.74, 6) is -0.138. The molecule has 5 nitrogen and oxygen atoms in total. The Kier molecular flexibility index (Phi) is 5.58. The van der Waals surface area contributed by atoms with E-state index in [0.29, 0.717) is 16.7 Å². The molecule has 1 atom stereocenters. The molecule has 1 amide bonds. The van der Waals surface area contributed by atoms with E-state index in [1.54, 1.807) is 6.92 Å². The third-order valence-electron chi connectivity index (χ3n) is 3.63. The molecule has 0 fully saturated rings. The molecule has 0 bridgehead atoms. The van der Waals surface area contributed by atoms with Gasteiger partial charge in [-0.3, -0.25) is 9.89 Å². The Labute approximate surface area is 159 Å². The van der Waals surface area contributed by atoms with Crippen LogP contribution in [-0.2, 0) is 4.79 Å². The molecule has 0 radical (unpaired) electrons. The van der Waals surface area contributed by atoms with Crippen LogP contribution in [0.5, 0.6) is 0 Å². The van der Waals surface area contributed by atoms with Crippen molar-refractivity contribution in [1.82, 2.24) is 15.2 Å². The number of nitrogens with one attached hydrogen (secondary N) is 2. The standard InChI is InChI=1S/C18H16ClFN4OS/c1-10-3-5-12(6-4-10)16-22-18(24-23-16)26-11(2)17(25)21-13-7-8-15(20)14(19)9-13/h3-9,11H,1-2H3,(H,21,25)(H,22,23,24). The molecule has 26 heavy (non-hydrogen) atoms. The molecule has 2 N–H and O–H groups in total. The van der Waals surface area contributed by atoms with E-state index in [4.69, 9.17) is 11.6 Å². The maximum Gasteiger partial charge on any atom is 0.237 e. The molecule has 1 aromatic heterocycles. The van der Waals surface area contributed by atoms with E-state index in [2.05, 4.69) is 20.5 Å². The van der Waals surface area contributed by atoms with Crippen molar-refractivity contribution in [3.05, 3.63) is 58.9 Å². The average Bonchev–Trinajstić information content (AvgIpc) is 3.07. The summed E-state index contributed by atoms with van der Waals surface area (Å²) in [5.41, 5.74) is 2.52. The van der Waals surface area contributed by atoms with Gasteiger partial charge in [0.25, 0.3) is 0 Å². The fraction of sp³-hybridized carbons (Fsp3) is 0.167. The first-order chi connectivity index (χ1) is 12.4. The fourth-order valence-electron chi connectivity index (χ4n) is 2.17. The maximum absolute atomic E-state index is 13.2. The SMILES string of the molecule is Cc1ccc(-c2nc(SC(C)C(=O)Nc3ccc(F)c(Cl)c3)n[nH]2)cc1. The lowest BCUT2D eigenvalue weighted by Crippen LogP contribution is -2.22. The number of anilines is 1. The van der Waals surface area contributed by atoms with Crippen LogP contribution in [0.1, 0.15) is 12.5 Å². The van der Waals surface area contributed by atoms with Gasteiger partial charge in [-0.2, -0.15) is 0 Å². The van der Waals surface area contributed by atoms with E-state index >= 15 is 0 Å². The summed E-state index contributed by atoms with van der Waals surface area (Å²) < 4.78 is 13.2. The van der Waals surface area contributed by atoms with Gasteiger partial charge < -0.3 is 5.32 Å². The Bertz CT molecular complexity index is 929. The second-order valence-corrected chi connectivity index (χ2v) is 7.43. The van der Waals surface area contributed by atoms with Crippen molar-refractivity contribution in [1.29, 1.82) is 0 Å². The lowest BCUT2D eigenvalue weighted by Gasteiger charge is -2.10. The molecule has 0 aliphatic carbocycles. The monoisotopic (exact) mass is 390 g/mol. The molecule has 0 saturated heterocycles. The first-order valence-corrected chi connectivity index (χ1v) is 9.10. The summed E-state index contributed by atoms with van der Waals surface area (Å²) in [5, 5.41) is 9.71. The molecule has 134 valence electrons. The van der Waals surface area contributed by atoms with Crippen LogP contribution in [0, 0.1) is 12.7 Å². The number of carbonyl (C=O) groups excluding carboxylic acids is 1. The van der Waals surface area contributed by atoms with E-state index in [-0.39, 0.29) is 10.9 Å². The Morgan fingerprint density at radius 2 is 2.00 bits per heavy atom. The number of nitrogens with zero attached hydrogens (tertiary/aromatic N) is 2. The number of benzene rings is 2. The van der Waals surface area contributed by atoms with Crippen molar-refractivity contribution in [3.63, 3.8) is 0 Å². The smallest absolute Gasteiger partial charge is 0.237 e. The van der Waals surface area contributed by atoms with Crippen molar-refractivity contribution in [2.45, 2.75) is 24.3 Å². The number of aromatic nitrogens is 3. The van der Waals surface area contributed by atoms with Crippen LogP contribution in [0.15, 0.2) is 47.6 Å². The van der Waals surface area contributed by atoms with Crippen molar-refractivity contribution in [2.75, 3.05) is 5.32 Å². The van der Waals surface area contributed by atoms with Crippen LogP contribution >= 0.6 is 23.4 Å². The third-order valence-corrected chi connectivity index (χ3v) is 4.88. The predicted molar refractivity (Wildman–Crippen MR) is 102 cm³/mol. The number of rotatable bonds is 5. The normalized spacial score (nSPS) is 12.0. The van der Waals surface area contributed by atoms with Gasteiger partial charge in [0.15, 0.2) is 5.82 Å². The predicted octanol–water partition coefficient (Wildman–Crippen LogP) is 4.69. The number of carbonyl (C=O) groups is 1. The zero-order valence-electron chi connectivity index (χ0n) is 14.1. The van der Waals surface area contributed by atoms with Crippen LogP contribution in [-0.4, -0.2) is 26.3 Å². The van der Waals surface area contributed by atoms with Crippen LogP contribution in [0.4, 0.5) is 10.1 Å². The highest BCUT2D eigenvalue weighted by molar-refractivity contribution is 8.00. The summed E-state index contributed by atoms with van der Waals surface area (Å²) in [6.45, 7) is 3.76. The van der Waals surface area contributed by atoms with Crippen molar-refractivity contribution < 1.29 is 9.18 Å². The van der Waals surface area contributed by atoms with Crippen LogP contribution in [0.3, 0.4) is 0 Å². The largest absolute Gasteiger partial charge is 0.325 e. The van der Waals surface area contributed by atoms with Gasteiger partial charge in [0.1, 0.15) is 5.82 Å². The molecule has 1 heterocycles. The van der Waals surface area contributed by atoms with Gasteiger partial charge in [0.05, 0.1) is 10.3 Å². The first-order valence-electron chi connectivity index (χ1n) is 7.84. The highest BCUT2D eigenvalue weighted by atomic mass is 35.5. The van der Waals surface area contributed by atoms with Crippen LogP contribution < -0.4 is 5.32 Å². The molecule has 0 spiro atoms. The molecule has 0 saturated carbocycles. The Hall–Kier alpha value is -2.38. The molecule has 3 aromatic rings. The highest BCUT2D eigenvalue weighted by Crippen LogP contribution is 2.25. The number of amides is 1. The Morgan fingerprint density at radius 1 is 1.27 bits per heavy atom. The van der Waals surface area contributed by atoms with E-state index in [1.807, 2.05) is 31.2 Å². The highest BCUT2D eigenvalue weighted by Gasteiger charge is 2.18. The molecule has 3 rings (SSSR count). The third kappa shape index (κ3) is 4.42. The topological polar surface area (TPSA) is 70.7 Å². The van der Waals surface area contributed by atoms with E-state index in [0.717, 1.165) is 11.1 Å². The summed E-state index contributed by atoms with van der Waals surface area (Å²) in [7, 11) is 0. The summed E-state index contributed by atoms with van der Waals surface area (Å²) in [6.07, 6.45) is 0. The molecule has 0 aliphatic rings.